The molecule has 1 saturated carbocycles. The second-order valence-electron chi connectivity index (χ2n) is 8.72. The SMILES string of the molecule is CC(C)(C)c1ccccc1NC(=O)CN1C(C(=O)O)CC2CCCCC21. The first-order chi connectivity index (χ1) is 12.3. The van der Waals surface area contributed by atoms with Crippen LogP contribution in [0.15, 0.2) is 24.3 Å². The van der Waals surface area contributed by atoms with Gasteiger partial charge in [-0.05, 0) is 42.2 Å². The fourth-order valence-corrected chi connectivity index (χ4v) is 4.62. The monoisotopic (exact) mass is 358 g/mol. The van der Waals surface area contributed by atoms with Crippen molar-refractivity contribution in [1.82, 2.24) is 4.90 Å². The van der Waals surface area contributed by atoms with Gasteiger partial charge in [0.2, 0.25) is 5.91 Å². The lowest BCUT2D eigenvalue weighted by Crippen LogP contribution is -2.46. The molecule has 0 bridgehead atoms. The second-order valence-corrected chi connectivity index (χ2v) is 8.72. The standard InChI is InChI=1S/C21H30N2O3/c1-21(2,3)15-9-5-6-10-16(15)22-19(24)13-23-17-11-7-4-8-14(17)12-18(23)20(25)26/h5-6,9-10,14,17-18H,4,7-8,11-13H2,1-3H3,(H,22,24)(H,25,26). The molecule has 2 fully saturated rings. The minimum absolute atomic E-state index is 0.0738. The number of carboxylic acids is 1. The molecule has 5 nitrogen and oxygen atoms in total. The lowest BCUT2D eigenvalue weighted by atomic mass is 9.85. The Morgan fingerprint density at radius 3 is 2.58 bits per heavy atom. The molecule has 26 heavy (non-hydrogen) atoms. The Kier molecular flexibility index (Phi) is 5.37. The average Bonchev–Trinajstić information content (AvgIpc) is 2.93. The van der Waals surface area contributed by atoms with E-state index in [1.807, 2.05) is 29.2 Å². The number of anilines is 1. The van der Waals surface area contributed by atoms with Gasteiger partial charge in [0.25, 0.3) is 0 Å². The van der Waals surface area contributed by atoms with Crippen molar-refractivity contribution in [3.05, 3.63) is 29.8 Å². The van der Waals surface area contributed by atoms with Crippen LogP contribution in [0.4, 0.5) is 5.69 Å². The maximum atomic E-state index is 12.7. The molecular weight excluding hydrogens is 328 g/mol. The molecule has 0 radical (unpaired) electrons. The molecular formula is C21H30N2O3. The summed E-state index contributed by atoms with van der Waals surface area (Å²) < 4.78 is 0. The Hall–Kier alpha value is -1.88. The van der Waals surface area contributed by atoms with Crippen LogP contribution in [-0.2, 0) is 15.0 Å². The van der Waals surface area contributed by atoms with Crippen LogP contribution in [0.25, 0.3) is 0 Å². The third kappa shape index (κ3) is 3.93. The molecule has 0 aromatic heterocycles. The Bertz CT molecular complexity index is 680. The van der Waals surface area contributed by atoms with Crippen molar-refractivity contribution in [2.45, 2.75) is 70.4 Å². The molecule has 1 heterocycles. The Labute approximate surface area is 155 Å². The van der Waals surface area contributed by atoms with E-state index in [2.05, 4.69) is 26.1 Å². The summed E-state index contributed by atoms with van der Waals surface area (Å²) in [6, 6.07) is 7.53. The number of amides is 1. The number of carboxylic acid groups (broad SMARTS) is 1. The number of carbonyl (C=O) groups excluding carboxylic acids is 1. The molecule has 1 aromatic carbocycles. The zero-order valence-electron chi connectivity index (χ0n) is 16.0. The molecule has 1 aliphatic carbocycles. The van der Waals surface area contributed by atoms with E-state index < -0.39 is 12.0 Å². The quantitative estimate of drug-likeness (QED) is 0.862. The first-order valence-electron chi connectivity index (χ1n) is 9.65. The smallest absolute Gasteiger partial charge is 0.320 e. The molecule has 3 rings (SSSR count). The lowest BCUT2D eigenvalue weighted by molar-refractivity contribution is -0.143. The number of nitrogens with one attached hydrogen (secondary N) is 1. The molecule has 3 unspecified atom stereocenters. The van der Waals surface area contributed by atoms with Crippen LogP contribution in [0.1, 0.15) is 58.4 Å². The minimum Gasteiger partial charge on any atom is -0.480 e. The summed E-state index contributed by atoms with van der Waals surface area (Å²) in [5.74, 6) is -0.513. The van der Waals surface area contributed by atoms with E-state index in [1.54, 1.807) is 0 Å². The number of para-hydroxylation sites is 1. The van der Waals surface area contributed by atoms with Gasteiger partial charge in [0.1, 0.15) is 6.04 Å². The molecule has 0 spiro atoms. The van der Waals surface area contributed by atoms with Crippen molar-refractivity contribution in [2.24, 2.45) is 5.92 Å². The van der Waals surface area contributed by atoms with Gasteiger partial charge in [0.15, 0.2) is 0 Å². The Balaban J connectivity index is 1.74. The van der Waals surface area contributed by atoms with Crippen molar-refractivity contribution < 1.29 is 14.7 Å². The van der Waals surface area contributed by atoms with Crippen LogP contribution in [-0.4, -0.2) is 40.5 Å². The summed E-state index contributed by atoms with van der Waals surface area (Å²) in [7, 11) is 0. The van der Waals surface area contributed by atoms with E-state index in [-0.39, 0.29) is 23.9 Å². The summed E-state index contributed by atoms with van der Waals surface area (Å²) in [6.07, 6.45) is 5.05. The molecule has 5 heteroatoms. The van der Waals surface area contributed by atoms with Gasteiger partial charge in [0, 0.05) is 11.7 Å². The summed E-state index contributed by atoms with van der Waals surface area (Å²) in [5, 5.41) is 12.6. The number of carbonyl (C=O) groups is 2. The third-order valence-electron chi connectivity index (χ3n) is 5.84. The molecule has 142 valence electrons. The summed E-state index contributed by atoms with van der Waals surface area (Å²) in [5.41, 5.74) is 1.83. The van der Waals surface area contributed by atoms with Crippen molar-refractivity contribution >= 4 is 17.6 Å². The van der Waals surface area contributed by atoms with Crippen LogP contribution < -0.4 is 5.32 Å². The molecule has 1 amide bonds. The second kappa shape index (κ2) is 7.39. The van der Waals surface area contributed by atoms with Gasteiger partial charge in [-0.25, -0.2) is 0 Å². The van der Waals surface area contributed by atoms with E-state index >= 15 is 0 Å². The predicted octanol–water partition coefficient (Wildman–Crippen LogP) is 3.64. The minimum atomic E-state index is -0.803. The molecule has 1 aliphatic heterocycles. The maximum Gasteiger partial charge on any atom is 0.320 e. The number of benzene rings is 1. The topological polar surface area (TPSA) is 69.6 Å². The number of hydrogen-bond donors (Lipinski definition) is 2. The van der Waals surface area contributed by atoms with Gasteiger partial charge >= 0.3 is 5.97 Å². The third-order valence-corrected chi connectivity index (χ3v) is 5.84. The first-order valence-corrected chi connectivity index (χ1v) is 9.65. The fourth-order valence-electron chi connectivity index (χ4n) is 4.62. The summed E-state index contributed by atoms with van der Waals surface area (Å²) in [4.78, 5) is 26.4. The summed E-state index contributed by atoms with van der Waals surface area (Å²) >= 11 is 0. The molecule has 1 aromatic rings. The maximum absolute atomic E-state index is 12.7. The van der Waals surface area contributed by atoms with E-state index in [0.29, 0.717) is 12.3 Å². The van der Waals surface area contributed by atoms with E-state index in [0.717, 1.165) is 30.5 Å². The summed E-state index contributed by atoms with van der Waals surface area (Å²) in [6.45, 7) is 6.50. The Morgan fingerprint density at radius 1 is 1.19 bits per heavy atom. The van der Waals surface area contributed by atoms with Crippen LogP contribution in [0.3, 0.4) is 0 Å². The lowest BCUT2D eigenvalue weighted by Gasteiger charge is -2.32. The van der Waals surface area contributed by atoms with Gasteiger partial charge in [-0.3, -0.25) is 14.5 Å². The van der Waals surface area contributed by atoms with Crippen LogP contribution in [0, 0.1) is 5.92 Å². The highest BCUT2D eigenvalue weighted by molar-refractivity contribution is 5.93. The van der Waals surface area contributed by atoms with Gasteiger partial charge in [-0.1, -0.05) is 51.8 Å². The number of fused-ring (bicyclic) bond motifs is 1. The molecule has 2 N–H and O–H groups in total. The van der Waals surface area contributed by atoms with E-state index in [1.165, 1.54) is 6.42 Å². The van der Waals surface area contributed by atoms with Crippen LogP contribution in [0.2, 0.25) is 0 Å². The average molecular weight is 358 g/mol. The van der Waals surface area contributed by atoms with Gasteiger partial charge in [-0.2, -0.15) is 0 Å². The van der Waals surface area contributed by atoms with Crippen molar-refractivity contribution in [1.29, 1.82) is 0 Å². The van der Waals surface area contributed by atoms with Gasteiger partial charge in [0.05, 0.1) is 6.54 Å². The fraction of sp³-hybridized carbons (Fsp3) is 0.619. The number of hydrogen-bond acceptors (Lipinski definition) is 3. The predicted molar refractivity (Wildman–Crippen MR) is 102 cm³/mol. The van der Waals surface area contributed by atoms with Crippen LogP contribution >= 0.6 is 0 Å². The highest BCUT2D eigenvalue weighted by Crippen LogP contribution is 2.39. The van der Waals surface area contributed by atoms with E-state index in [4.69, 9.17) is 0 Å². The Morgan fingerprint density at radius 2 is 1.88 bits per heavy atom. The number of likely N-dealkylation sites (tertiary alicyclic amines) is 1. The van der Waals surface area contributed by atoms with Gasteiger partial charge in [-0.15, -0.1) is 0 Å². The highest BCUT2D eigenvalue weighted by Gasteiger charge is 2.45. The number of aliphatic carboxylic acids is 1. The zero-order valence-corrected chi connectivity index (χ0v) is 16.0. The van der Waals surface area contributed by atoms with Gasteiger partial charge < -0.3 is 10.4 Å². The van der Waals surface area contributed by atoms with Crippen molar-refractivity contribution in [3.63, 3.8) is 0 Å². The van der Waals surface area contributed by atoms with Crippen molar-refractivity contribution in [3.8, 4) is 0 Å². The van der Waals surface area contributed by atoms with E-state index in [9.17, 15) is 14.7 Å². The zero-order chi connectivity index (χ0) is 18.9. The normalized spacial score (nSPS) is 26.3. The largest absolute Gasteiger partial charge is 0.480 e. The molecule has 1 saturated heterocycles. The highest BCUT2D eigenvalue weighted by atomic mass is 16.4. The van der Waals surface area contributed by atoms with Crippen LogP contribution in [0.5, 0.6) is 0 Å². The molecule has 3 atom stereocenters. The number of rotatable bonds is 4. The number of nitrogens with zero attached hydrogens (tertiary/aromatic N) is 1. The first kappa shape index (κ1) is 18.9. The molecule has 2 aliphatic rings. The van der Waals surface area contributed by atoms with Crippen molar-refractivity contribution in [2.75, 3.05) is 11.9 Å².